The van der Waals surface area contributed by atoms with Gasteiger partial charge in [-0.15, -0.1) is 0 Å². The summed E-state index contributed by atoms with van der Waals surface area (Å²) in [5.74, 6) is 1.63. The molecule has 130 valence electrons. The maximum Gasteiger partial charge on any atom is 0.246 e. The number of phenols is 1. The molecule has 0 radical (unpaired) electrons. The molecule has 1 saturated heterocycles. The summed E-state index contributed by atoms with van der Waals surface area (Å²) in [6, 6.07) is 6.79. The fourth-order valence-electron chi connectivity index (χ4n) is 2.95. The lowest BCUT2D eigenvalue weighted by Crippen LogP contribution is -2.37. The molecule has 1 aliphatic heterocycles. The van der Waals surface area contributed by atoms with Gasteiger partial charge in [-0.3, -0.25) is 4.79 Å². The van der Waals surface area contributed by atoms with Crippen molar-refractivity contribution in [1.82, 2.24) is 14.9 Å². The molecule has 0 atom stereocenters. The van der Waals surface area contributed by atoms with E-state index in [1.807, 2.05) is 11.0 Å². The van der Waals surface area contributed by atoms with Crippen molar-refractivity contribution in [2.75, 3.05) is 20.2 Å². The van der Waals surface area contributed by atoms with Gasteiger partial charge in [0.2, 0.25) is 5.91 Å². The summed E-state index contributed by atoms with van der Waals surface area (Å²) in [6.45, 7) is 1.40. The average molecular weight is 339 g/mol. The molecule has 6 nitrogen and oxygen atoms in total. The minimum absolute atomic E-state index is 0.0144. The zero-order valence-electron chi connectivity index (χ0n) is 14.1. The number of hydrogen-bond acceptors (Lipinski definition) is 5. The van der Waals surface area contributed by atoms with Gasteiger partial charge in [0.15, 0.2) is 11.5 Å². The summed E-state index contributed by atoms with van der Waals surface area (Å²) < 4.78 is 5.07. The molecule has 2 heterocycles. The van der Waals surface area contributed by atoms with Gasteiger partial charge in [0.1, 0.15) is 5.82 Å². The van der Waals surface area contributed by atoms with Gasteiger partial charge in [-0.2, -0.15) is 0 Å². The van der Waals surface area contributed by atoms with Crippen LogP contribution in [0.1, 0.15) is 30.1 Å². The molecule has 0 saturated carbocycles. The first kappa shape index (κ1) is 17.0. The normalized spacial score (nSPS) is 15.5. The molecule has 2 aromatic rings. The number of hydrogen-bond donors (Lipinski definition) is 1. The van der Waals surface area contributed by atoms with E-state index in [-0.39, 0.29) is 11.7 Å². The number of benzene rings is 1. The monoisotopic (exact) mass is 339 g/mol. The van der Waals surface area contributed by atoms with Crippen LogP contribution in [0.2, 0.25) is 0 Å². The van der Waals surface area contributed by atoms with E-state index in [2.05, 4.69) is 9.97 Å². The Morgan fingerprint density at radius 2 is 2.00 bits per heavy atom. The Morgan fingerprint density at radius 1 is 1.28 bits per heavy atom. The van der Waals surface area contributed by atoms with E-state index in [9.17, 15) is 9.90 Å². The van der Waals surface area contributed by atoms with Gasteiger partial charge in [-0.1, -0.05) is 6.07 Å². The molecule has 1 aromatic carbocycles. The maximum absolute atomic E-state index is 12.4. The first-order chi connectivity index (χ1) is 12.2. The van der Waals surface area contributed by atoms with Crippen molar-refractivity contribution in [2.45, 2.75) is 18.8 Å². The van der Waals surface area contributed by atoms with Crippen LogP contribution in [0.4, 0.5) is 0 Å². The summed E-state index contributed by atoms with van der Waals surface area (Å²) >= 11 is 0. The van der Waals surface area contributed by atoms with E-state index in [0.717, 1.165) is 24.2 Å². The van der Waals surface area contributed by atoms with E-state index in [4.69, 9.17) is 4.74 Å². The van der Waals surface area contributed by atoms with Gasteiger partial charge in [-0.25, -0.2) is 9.97 Å². The molecule has 3 rings (SSSR count). The fourth-order valence-corrected chi connectivity index (χ4v) is 2.95. The third-order valence-corrected chi connectivity index (χ3v) is 4.38. The van der Waals surface area contributed by atoms with E-state index < -0.39 is 0 Å². The molecule has 25 heavy (non-hydrogen) atoms. The van der Waals surface area contributed by atoms with E-state index >= 15 is 0 Å². The standard InChI is InChI=1S/C19H21N3O3/c1-25-17-13-14(3-5-16(17)23)4-6-18(24)22-11-7-15(8-12-22)19-20-9-2-10-21-19/h2-6,9-10,13,15,23H,7-8,11-12H2,1H3/b6-4+. The smallest absolute Gasteiger partial charge is 0.246 e. The molecule has 0 unspecified atom stereocenters. The molecule has 0 bridgehead atoms. The predicted molar refractivity (Wildman–Crippen MR) is 94.3 cm³/mol. The lowest BCUT2D eigenvalue weighted by Gasteiger charge is -2.30. The van der Waals surface area contributed by atoms with Gasteiger partial charge in [0.25, 0.3) is 0 Å². The molecular weight excluding hydrogens is 318 g/mol. The van der Waals surface area contributed by atoms with Crippen molar-refractivity contribution in [1.29, 1.82) is 0 Å². The molecule has 1 N–H and O–H groups in total. The summed E-state index contributed by atoms with van der Waals surface area (Å²) in [5.41, 5.74) is 0.801. The fraction of sp³-hybridized carbons (Fsp3) is 0.316. The number of nitrogens with zero attached hydrogens (tertiary/aromatic N) is 3. The number of likely N-dealkylation sites (tertiary alicyclic amines) is 1. The number of phenolic OH excluding ortho intramolecular Hbond substituents is 1. The van der Waals surface area contributed by atoms with Crippen LogP contribution in [0.25, 0.3) is 6.08 Å². The number of rotatable bonds is 4. The summed E-state index contributed by atoms with van der Waals surface area (Å²) in [4.78, 5) is 22.8. The SMILES string of the molecule is COc1cc(/C=C/C(=O)N2CCC(c3ncccn3)CC2)ccc1O. The molecular formula is C19H21N3O3. The Morgan fingerprint density at radius 3 is 2.68 bits per heavy atom. The van der Waals surface area contributed by atoms with E-state index in [1.54, 1.807) is 42.7 Å². The highest BCUT2D eigenvalue weighted by atomic mass is 16.5. The van der Waals surface area contributed by atoms with Crippen molar-refractivity contribution in [3.63, 3.8) is 0 Å². The summed E-state index contributed by atoms with van der Waals surface area (Å²) in [7, 11) is 1.49. The van der Waals surface area contributed by atoms with Crippen molar-refractivity contribution < 1.29 is 14.6 Å². The van der Waals surface area contributed by atoms with E-state index in [0.29, 0.717) is 24.8 Å². The average Bonchev–Trinajstić information content (AvgIpc) is 2.68. The van der Waals surface area contributed by atoms with Crippen LogP contribution in [-0.4, -0.2) is 46.1 Å². The number of aromatic nitrogens is 2. The number of carbonyl (C=O) groups excluding carboxylic acids is 1. The van der Waals surface area contributed by atoms with Gasteiger partial charge >= 0.3 is 0 Å². The molecule has 0 spiro atoms. The van der Waals surface area contributed by atoms with Gasteiger partial charge in [0.05, 0.1) is 7.11 Å². The van der Waals surface area contributed by atoms with Crippen LogP contribution in [0.15, 0.2) is 42.7 Å². The number of amides is 1. The summed E-state index contributed by atoms with van der Waals surface area (Å²) in [5, 5.41) is 9.60. The lowest BCUT2D eigenvalue weighted by molar-refractivity contribution is -0.127. The second-order valence-corrected chi connectivity index (χ2v) is 5.97. The molecule has 6 heteroatoms. The van der Waals surface area contributed by atoms with E-state index in [1.165, 1.54) is 7.11 Å². The second-order valence-electron chi connectivity index (χ2n) is 5.97. The Bertz CT molecular complexity index is 754. The van der Waals surface area contributed by atoms with Crippen LogP contribution in [0.5, 0.6) is 11.5 Å². The topological polar surface area (TPSA) is 75.5 Å². The van der Waals surface area contributed by atoms with Crippen LogP contribution in [0, 0.1) is 0 Å². The lowest BCUT2D eigenvalue weighted by atomic mass is 9.96. The van der Waals surface area contributed by atoms with Gasteiger partial charge in [-0.05, 0) is 42.7 Å². The Labute approximate surface area is 146 Å². The first-order valence-corrected chi connectivity index (χ1v) is 8.28. The Balaban J connectivity index is 1.58. The number of aromatic hydroxyl groups is 1. The Hall–Kier alpha value is -2.89. The molecule has 1 aromatic heterocycles. The molecule has 1 aliphatic rings. The van der Waals surface area contributed by atoms with Crippen LogP contribution in [0.3, 0.4) is 0 Å². The minimum Gasteiger partial charge on any atom is -0.504 e. The van der Waals surface area contributed by atoms with Crippen LogP contribution >= 0.6 is 0 Å². The van der Waals surface area contributed by atoms with Crippen molar-refractivity contribution in [3.8, 4) is 11.5 Å². The highest BCUT2D eigenvalue weighted by Crippen LogP contribution is 2.27. The Kier molecular flexibility index (Phi) is 5.28. The van der Waals surface area contributed by atoms with Crippen LogP contribution in [-0.2, 0) is 4.79 Å². The summed E-state index contributed by atoms with van der Waals surface area (Å²) in [6.07, 6.45) is 8.55. The van der Waals surface area contributed by atoms with Crippen molar-refractivity contribution >= 4 is 12.0 Å². The zero-order chi connectivity index (χ0) is 17.6. The molecule has 0 aliphatic carbocycles. The highest BCUT2D eigenvalue weighted by Gasteiger charge is 2.24. The van der Waals surface area contributed by atoms with Crippen LogP contribution < -0.4 is 4.74 Å². The number of carbonyl (C=O) groups is 1. The predicted octanol–water partition coefficient (Wildman–Crippen LogP) is 2.61. The number of piperidine rings is 1. The maximum atomic E-state index is 12.4. The van der Waals surface area contributed by atoms with Gasteiger partial charge < -0.3 is 14.7 Å². The van der Waals surface area contributed by atoms with Gasteiger partial charge in [0, 0.05) is 37.5 Å². The third-order valence-electron chi connectivity index (χ3n) is 4.38. The first-order valence-electron chi connectivity index (χ1n) is 8.28. The molecule has 1 fully saturated rings. The third kappa shape index (κ3) is 4.15. The zero-order valence-corrected chi connectivity index (χ0v) is 14.1. The molecule has 1 amide bonds. The van der Waals surface area contributed by atoms with Crippen molar-refractivity contribution in [3.05, 3.63) is 54.1 Å². The largest absolute Gasteiger partial charge is 0.504 e. The minimum atomic E-state index is -0.0144. The highest BCUT2D eigenvalue weighted by molar-refractivity contribution is 5.91. The number of methoxy groups -OCH3 is 1. The number of ether oxygens (including phenoxy) is 1. The second kappa shape index (κ2) is 7.79. The van der Waals surface area contributed by atoms with Crippen molar-refractivity contribution in [2.24, 2.45) is 0 Å². The quantitative estimate of drug-likeness (QED) is 0.867.